The van der Waals surface area contributed by atoms with Crippen molar-refractivity contribution in [3.63, 3.8) is 0 Å². The van der Waals surface area contributed by atoms with Crippen molar-refractivity contribution in [2.75, 3.05) is 18.1 Å². The van der Waals surface area contributed by atoms with E-state index in [2.05, 4.69) is 17.4 Å². The number of benzene rings is 2. The Morgan fingerprint density at radius 1 is 1.10 bits per heavy atom. The molecule has 2 aromatic rings. The third kappa shape index (κ3) is 5.33. The molecule has 6 heteroatoms. The monoisotopic (exact) mass is 423 g/mol. The fraction of sp³-hybridized carbons (Fsp3) is 0.250. The van der Waals surface area contributed by atoms with Crippen molar-refractivity contribution in [2.24, 2.45) is 0 Å². The molecule has 30 heavy (non-hydrogen) atoms. The molecule has 2 aromatic carbocycles. The van der Waals surface area contributed by atoms with Crippen LogP contribution in [-0.4, -0.2) is 41.3 Å². The number of rotatable bonds is 9. The van der Waals surface area contributed by atoms with Crippen molar-refractivity contribution in [1.82, 2.24) is 5.32 Å². The van der Waals surface area contributed by atoms with E-state index in [1.54, 1.807) is 0 Å². The third-order valence-corrected chi connectivity index (χ3v) is 5.87. The smallest absolute Gasteiger partial charge is 0.407 e. The molecule has 1 amide bonds. The average Bonchev–Trinajstić information content (AvgIpc) is 3.07. The molecule has 1 aliphatic rings. The van der Waals surface area contributed by atoms with E-state index in [-0.39, 0.29) is 18.3 Å². The molecule has 0 fully saturated rings. The summed E-state index contributed by atoms with van der Waals surface area (Å²) < 4.78 is 5.43. The number of carbonyl (C=O) groups excluding carboxylic acids is 1. The molecule has 156 valence electrons. The molecule has 0 bridgehead atoms. The minimum atomic E-state index is -1.08. The maximum Gasteiger partial charge on any atom is 0.407 e. The topological polar surface area (TPSA) is 75.6 Å². The van der Waals surface area contributed by atoms with Gasteiger partial charge < -0.3 is 15.2 Å². The molecular formula is C24H25NO4S. The number of hydrogen-bond donors (Lipinski definition) is 2. The highest BCUT2D eigenvalue weighted by molar-refractivity contribution is 7.99. The lowest BCUT2D eigenvalue weighted by molar-refractivity contribution is -0.138. The van der Waals surface area contributed by atoms with Gasteiger partial charge in [0.2, 0.25) is 0 Å². The number of carbonyl (C=O) groups is 2. The summed E-state index contributed by atoms with van der Waals surface area (Å²) >= 11 is 1.44. The Balaban J connectivity index is 1.56. The zero-order chi connectivity index (χ0) is 21.3. The van der Waals surface area contributed by atoms with E-state index >= 15 is 0 Å². The summed E-state index contributed by atoms with van der Waals surface area (Å²) in [7, 11) is 0. The van der Waals surface area contributed by atoms with E-state index in [1.807, 2.05) is 67.6 Å². The van der Waals surface area contributed by atoms with Crippen molar-refractivity contribution in [3.05, 3.63) is 84.0 Å². The Hall–Kier alpha value is -2.99. The van der Waals surface area contributed by atoms with Crippen molar-refractivity contribution in [3.8, 4) is 11.1 Å². The largest absolute Gasteiger partial charge is 0.480 e. The molecule has 0 saturated carbocycles. The van der Waals surface area contributed by atoms with Crippen LogP contribution in [0.15, 0.2) is 72.8 Å². The van der Waals surface area contributed by atoms with E-state index in [1.165, 1.54) is 11.8 Å². The molecule has 1 aliphatic carbocycles. The fourth-order valence-electron chi connectivity index (χ4n) is 3.46. The molecule has 3 rings (SSSR count). The average molecular weight is 424 g/mol. The molecule has 1 unspecified atom stereocenters. The number of nitrogens with one attached hydrogen (secondary N) is 1. The summed E-state index contributed by atoms with van der Waals surface area (Å²) in [5.74, 6) is -0.203. The van der Waals surface area contributed by atoms with Gasteiger partial charge in [-0.1, -0.05) is 72.8 Å². The van der Waals surface area contributed by atoms with Crippen molar-refractivity contribution >= 4 is 23.8 Å². The number of aliphatic carboxylic acids is 1. The van der Waals surface area contributed by atoms with Crippen LogP contribution in [0.25, 0.3) is 11.1 Å². The minimum Gasteiger partial charge on any atom is -0.480 e. The van der Waals surface area contributed by atoms with E-state index < -0.39 is 18.1 Å². The number of thioether (sulfide) groups is 1. The van der Waals surface area contributed by atoms with E-state index in [0.29, 0.717) is 5.75 Å². The number of allylic oxidation sites excluding steroid dienone is 3. The van der Waals surface area contributed by atoms with Crippen LogP contribution in [0.2, 0.25) is 0 Å². The minimum absolute atomic E-state index is 0.0578. The Kier molecular flexibility index (Phi) is 7.74. The van der Waals surface area contributed by atoms with Crippen LogP contribution in [-0.2, 0) is 9.53 Å². The quantitative estimate of drug-likeness (QED) is 0.446. The Morgan fingerprint density at radius 2 is 1.73 bits per heavy atom. The van der Waals surface area contributed by atoms with Crippen LogP contribution in [0, 0.1) is 0 Å². The zero-order valence-electron chi connectivity index (χ0n) is 16.8. The summed E-state index contributed by atoms with van der Waals surface area (Å²) in [5, 5.41) is 11.9. The summed E-state index contributed by atoms with van der Waals surface area (Å²) in [6.07, 6.45) is 6.96. The van der Waals surface area contributed by atoms with Gasteiger partial charge in [-0.15, -0.1) is 0 Å². The lowest BCUT2D eigenvalue weighted by Gasteiger charge is -2.17. The predicted octanol–water partition coefficient (Wildman–Crippen LogP) is 4.84. The zero-order valence-corrected chi connectivity index (χ0v) is 17.6. The second-order valence-corrected chi connectivity index (χ2v) is 7.93. The Morgan fingerprint density at radius 3 is 2.33 bits per heavy atom. The van der Waals surface area contributed by atoms with Gasteiger partial charge in [0.25, 0.3) is 0 Å². The van der Waals surface area contributed by atoms with E-state index in [0.717, 1.165) is 22.3 Å². The van der Waals surface area contributed by atoms with Gasteiger partial charge in [-0.25, -0.2) is 9.59 Å². The highest BCUT2D eigenvalue weighted by Crippen LogP contribution is 2.44. The van der Waals surface area contributed by atoms with Gasteiger partial charge in [0.1, 0.15) is 12.6 Å². The van der Waals surface area contributed by atoms with Gasteiger partial charge in [0.15, 0.2) is 0 Å². The van der Waals surface area contributed by atoms with Crippen molar-refractivity contribution in [2.45, 2.75) is 18.9 Å². The van der Waals surface area contributed by atoms with Gasteiger partial charge in [0, 0.05) is 17.4 Å². The van der Waals surface area contributed by atoms with Crippen LogP contribution in [0.4, 0.5) is 4.79 Å². The number of ether oxygens (including phenoxy) is 1. The van der Waals surface area contributed by atoms with Crippen LogP contribution in [0.3, 0.4) is 0 Å². The molecule has 0 radical (unpaired) electrons. The first-order chi connectivity index (χ1) is 14.6. The lowest BCUT2D eigenvalue weighted by atomic mass is 9.98. The van der Waals surface area contributed by atoms with Crippen molar-refractivity contribution in [1.29, 1.82) is 0 Å². The van der Waals surface area contributed by atoms with E-state index in [4.69, 9.17) is 4.74 Å². The number of fused-ring (bicyclic) bond motifs is 3. The Labute approximate surface area is 180 Å². The van der Waals surface area contributed by atoms with Gasteiger partial charge in [-0.2, -0.15) is 11.8 Å². The molecule has 1 atom stereocenters. The lowest BCUT2D eigenvalue weighted by Crippen LogP contribution is -2.43. The number of carboxylic acids is 1. The number of alkyl carbamates (subject to hydrolysis) is 1. The molecule has 0 aliphatic heterocycles. The summed E-state index contributed by atoms with van der Waals surface area (Å²) in [6, 6.07) is 15.1. The first-order valence-corrected chi connectivity index (χ1v) is 11.0. The first-order valence-electron chi connectivity index (χ1n) is 9.81. The second kappa shape index (κ2) is 10.7. The predicted molar refractivity (Wildman–Crippen MR) is 121 cm³/mol. The second-order valence-electron chi connectivity index (χ2n) is 6.85. The van der Waals surface area contributed by atoms with Gasteiger partial charge in [-0.3, -0.25) is 0 Å². The normalized spacial score (nSPS) is 13.9. The van der Waals surface area contributed by atoms with Crippen LogP contribution < -0.4 is 5.32 Å². The summed E-state index contributed by atoms with van der Waals surface area (Å²) in [4.78, 5) is 23.8. The molecule has 2 N–H and O–H groups in total. The number of carboxylic acid groups (broad SMARTS) is 1. The van der Waals surface area contributed by atoms with Crippen LogP contribution in [0.5, 0.6) is 0 Å². The highest BCUT2D eigenvalue weighted by Gasteiger charge is 2.29. The summed E-state index contributed by atoms with van der Waals surface area (Å²) in [6.45, 7) is 2.08. The van der Waals surface area contributed by atoms with Crippen LogP contribution in [0.1, 0.15) is 24.0 Å². The van der Waals surface area contributed by atoms with E-state index in [9.17, 15) is 14.7 Å². The highest BCUT2D eigenvalue weighted by atomic mass is 32.2. The molecule has 5 nitrogen and oxygen atoms in total. The first kappa shape index (κ1) is 21.7. The molecule has 0 saturated heterocycles. The maximum absolute atomic E-state index is 12.3. The molecule has 0 aromatic heterocycles. The van der Waals surface area contributed by atoms with Gasteiger partial charge in [-0.05, 0) is 29.2 Å². The van der Waals surface area contributed by atoms with Gasteiger partial charge in [0.05, 0.1) is 0 Å². The molecule has 0 spiro atoms. The fourth-order valence-corrected chi connectivity index (χ4v) is 4.30. The number of amides is 1. The van der Waals surface area contributed by atoms with Crippen LogP contribution >= 0.6 is 11.8 Å². The standard InChI is InChI=1S/C24H25NO4S/c1-2-3-4-9-14-30-16-22(23(26)27)25-24(28)29-15-21-19-12-7-5-10-17(19)18-11-6-8-13-20(18)21/h2-13,21-22H,14-16H2,1H3,(H,25,28)(H,26,27)/b3-2+,9-4+. The van der Waals surface area contributed by atoms with Crippen molar-refractivity contribution < 1.29 is 19.4 Å². The number of hydrogen-bond acceptors (Lipinski definition) is 4. The molecular weight excluding hydrogens is 398 g/mol. The SMILES string of the molecule is C/C=C/C=C/CSCC(NC(=O)OCC1c2ccccc2-c2ccccc21)C(=O)O. The third-order valence-electron chi connectivity index (χ3n) is 4.87. The maximum atomic E-state index is 12.3. The van der Waals surface area contributed by atoms with Gasteiger partial charge >= 0.3 is 12.1 Å². The Bertz CT molecular complexity index is 908. The molecule has 0 heterocycles. The summed E-state index contributed by atoms with van der Waals surface area (Å²) in [5.41, 5.74) is 4.52.